The predicted octanol–water partition coefficient (Wildman–Crippen LogP) is 3.59. The first-order chi connectivity index (χ1) is 11.1. The maximum atomic E-state index is 12.0. The standard InChI is InChI=1S/C18H19N3O2/c1-12-3-6-17(13(2)9-12)23-8-7-18(22)20-15-4-5-16-14(10-15)11-19-21-16/h3-6,9-11H,7-8H2,1-2H3,(H,19,21)(H,20,22). The minimum Gasteiger partial charge on any atom is -0.493 e. The lowest BCUT2D eigenvalue weighted by Crippen LogP contribution is -2.15. The van der Waals surface area contributed by atoms with Crippen molar-refractivity contribution in [1.29, 1.82) is 0 Å². The maximum Gasteiger partial charge on any atom is 0.227 e. The predicted molar refractivity (Wildman–Crippen MR) is 90.8 cm³/mol. The number of hydrogen-bond donors (Lipinski definition) is 2. The number of hydrogen-bond acceptors (Lipinski definition) is 3. The number of nitrogens with zero attached hydrogens (tertiary/aromatic N) is 1. The number of rotatable bonds is 5. The van der Waals surface area contributed by atoms with Gasteiger partial charge in [-0.3, -0.25) is 9.89 Å². The van der Waals surface area contributed by atoms with E-state index in [9.17, 15) is 4.79 Å². The van der Waals surface area contributed by atoms with E-state index >= 15 is 0 Å². The second kappa shape index (κ2) is 6.52. The zero-order valence-corrected chi connectivity index (χ0v) is 13.2. The van der Waals surface area contributed by atoms with Gasteiger partial charge in [0, 0.05) is 11.1 Å². The number of aromatic nitrogens is 2. The highest BCUT2D eigenvalue weighted by Crippen LogP contribution is 2.19. The number of fused-ring (bicyclic) bond motifs is 1. The van der Waals surface area contributed by atoms with E-state index in [4.69, 9.17) is 4.74 Å². The lowest BCUT2D eigenvalue weighted by Gasteiger charge is -2.10. The third-order valence-corrected chi connectivity index (χ3v) is 3.64. The van der Waals surface area contributed by atoms with Crippen LogP contribution in [0.2, 0.25) is 0 Å². The fraction of sp³-hybridized carbons (Fsp3) is 0.222. The van der Waals surface area contributed by atoms with Crippen molar-refractivity contribution in [3.63, 3.8) is 0 Å². The number of aromatic amines is 1. The molecular weight excluding hydrogens is 290 g/mol. The van der Waals surface area contributed by atoms with Crippen LogP contribution in [0, 0.1) is 13.8 Å². The highest BCUT2D eigenvalue weighted by molar-refractivity contribution is 5.93. The van der Waals surface area contributed by atoms with E-state index in [0.29, 0.717) is 13.0 Å². The van der Waals surface area contributed by atoms with Gasteiger partial charge in [-0.25, -0.2) is 0 Å². The third-order valence-electron chi connectivity index (χ3n) is 3.64. The number of aryl methyl sites for hydroxylation is 2. The summed E-state index contributed by atoms with van der Waals surface area (Å²) in [4.78, 5) is 12.0. The number of carbonyl (C=O) groups is 1. The van der Waals surface area contributed by atoms with Gasteiger partial charge in [-0.15, -0.1) is 0 Å². The first-order valence-corrected chi connectivity index (χ1v) is 7.55. The van der Waals surface area contributed by atoms with E-state index in [0.717, 1.165) is 27.9 Å². The molecule has 0 spiro atoms. The number of nitrogens with one attached hydrogen (secondary N) is 2. The van der Waals surface area contributed by atoms with E-state index in [-0.39, 0.29) is 5.91 Å². The van der Waals surface area contributed by atoms with E-state index in [2.05, 4.69) is 21.6 Å². The van der Waals surface area contributed by atoms with Crippen LogP contribution < -0.4 is 10.1 Å². The number of benzene rings is 2. The minimum atomic E-state index is -0.0717. The van der Waals surface area contributed by atoms with Crippen LogP contribution in [0.3, 0.4) is 0 Å². The largest absolute Gasteiger partial charge is 0.493 e. The molecule has 0 aliphatic heterocycles. The second-order valence-corrected chi connectivity index (χ2v) is 5.59. The van der Waals surface area contributed by atoms with Crippen LogP contribution in [0.15, 0.2) is 42.6 Å². The van der Waals surface area contributed by atoms with E-state index in [1.54, 1.807) is 6.20 Å². The molecule has 3 aromatic rings. The molecule has 0 saturated carbocycles. The maximum absolute atomic E-state index is 12.0. The summed E-state index contributed by atoms with van der Waals surface area (Å²) in [5, 5.41) is 10.7. The summed E-state index contributed by atoms with van der Waals surface area (Å²) in [6, 6.07) is 11.6. The zero-order chi connectivity index (χ0) is 16.2. The van der Waals surface area contributed by atoms with Crippen molar-refractivity contribution in [2.45, 2.75) is 20.3 Å². The average molecular weight is 309 g/mol. The first-order valence-electron chi connectivity index (χ1n) is 7.55. The molecule has 23 heavy (non-hydrogen) atoms. The molecular formula is C18H19N3O2. The van der Waals surface area contributed by atoms with Gasteiger partial charge in [0.05, 0.1) is 24.7 Å². The molecule has 5 heteroatoms. The van der Waals surface area contributed by atoms with Gasteiger partial charge in [-0.2, -0.15) is 5.10 Å². The van der Waals surface area contributed by atoms with Gasteiger partial charge in [0.1, 0.15) is 5.75 Å². The Kier molecular flexibility index (Phi) is 4.28. The number of H-pyrrole nitrogens is 1. The zero-order valence-electron chi connectivity index (χ0n) is 13.2. The molecule has 0 saturated heterocycles. The Morgan fingerprint density at radius 2 is 2.09 bits per heavy atom. The average Bonchev–Trinajstić information content (AvgIpc) is 2.97. The number of anilines is 1. The Hall–Kier alpha value is -2.82. The highest BCUT2D eigenvalue weighted by Gasteiger charge is 2.06. The molecule has 1 aromatic heterocycles. The molecule has 0 radical (unpaired) electrons. The Balaban J connectivity index is 1.53. The van der Waals surface area contributed by atoms with E-state index < -0.39 is 0 Å². The summed E-state index contributed by atoms with van der Waals surface area (Å²) in [6.45, 7) is 4.40. The molecule has 0 bridgehead atoms. The molecule has 2 N–H and O–H groups in total. The van der Waals surface area contributed by atoms with Gasteiger partial charge in [0.2, 0.25) is 5.91 Å². The monoisotopic (exact) mass is 309 g/mol. The van der Waals surface area contributed by atoms with Crippen LogP contribution >= 0.6 is 0 Å². The first kappa shape index (κ1) is 15.1. The van der Waals surface area contributed by atoms with Crippen molar-refractivity contribution in [3.8, 4) is 5.75 Å². The van der Waals surface area contributed by atoms with Gasteiger partial charge < -0.3 is 10.1 Å². The highest BCUT2D eigenvalue weighted by atomic mass is 16.5. The Morgan fingerprint density at radius 1 is 1.22 bits per heavy atom. The Morgan fingerprint density at radius 3 is 2.91 bits per heavy atom. The number of amides is 1. The summed E-state index contributed by atoms with van der Waals surface area (Å²) in [5.41, 5.74) is 3.98. The molecule has 0 atom stereocenters. The van der Waals surface area contributed by atoms with Crippen molar-refractivity contribution in [2.24, 2.45) is 0 Å². The molecule has 1 amide bonds. The molecule has 0 unspecified atom stereocenters. The van der Waals surface area contributed by atoms with E-state index in [1.807, 2.05) is 44.2 Å². The van der Waals surface area contributed by atoms with Crippen molar-refractivity contribution < 1.29 is 9.53 Å². The van der Waals surface area contributed by atoms with Crippen LogP contribution in [-0.2, 0) is 4.79 Å². The van der Waals surface area contributed by atoms with Crippen LogP contribution in [-0.4, -0.2) is 22.7 Å². The molecule has 2 aromatic carbocycles. The SMILES string of the molecule is Cc1ccc(OCCC(=O)Nc2ccc3[nH]ncc3c2)c(C)c1. The van der Waals surface area contributed by atoms with E-state index in [1.165, 1.54) is 5.56 Å². The Bertz CT molecular complexity index is 839. The minimum absolute atomic E-state index is 0.0717. The van der Waals surface area contributed by atoms with Crippen molar-refractivity contribution in [1.82, 2.24) is 10.2 Å². The van der Waals surface area contributed by atoms with Gasteiger partial charge in [0.15, 0.2) is 0 Å². The molecule has 0 aliphatic rings. The molecule has 0 fully saturated rings. The van der Waals surface area contributed by atoms with Crippen molar-refractivity contribution in [2.75, 3.05) is 11.9 Å². The molecule has 5 nitrogen and oxygen atoms in total. The lowest BCUT2D eigenvalue weighted by molar-refractivity contribution is -0.116. The second-order valence-electron chi connectivity index (χ2n) is 5.59. The summed E-state index contributed by atoms with van der Waals surface area (Å²) < 4.78 is 5.68. The number of ether oxygens (including phenoxy) is 1. The summed E-state index contributed by atoms with van der Waals surface area (Å²) in [7, 11) is 0. The van der Waals surface area contributed by atoms with Gasteiger partial charge in [-0.1, -0.05) is 17.7 Å². The smallest absolute Gasteiger partial charge is 0.227 e. The van der Waals surface area contributed by atoms with Crippen molar-refractivity contribution >= 4 is 22.5 Å². The van der Waals surface area contributed by atoms with Gasteiger partial charge in [-0.05, 0) is 43.7 Å². The summed E-state index contributed by atoms with van der Waals surface area (Å²) in [6.07, 6.45) is 2.03. The topological polar surface area (TPSA) is 67.0 Å². The van der Waals surface area contributed by atoms with Crippen LogP contribution in [0.5, 0.6) is 5.75 Å². The van der Waals surface area contributed by atoms with Gasteiger partial charge >= 0.3 is 0 Å². The quantitative estimate of drug-likeness (QED) is 0.757. The van der Waals surface area contributed by atoms with Crippen LogP contribution in [0.25, 0.3) is 10.9 Å². The Labute approximate surface area is 134 Å². The summed E-state index contributed by atoms with van der Waals surface area (Å²) in [5.74, 6) is 0.751. The van der Waals surface area contributed by atoms with Crippen molar-refractivity contribution in [3.05, 3.63) is 53.7 Å². The normalized spacial score (nSPS) is 10.7. The lowest BCUT2D eigenvalue weighted by atomic mass is 10.1. The molecule has 3 rings (SSSR count). The fourth-order valence-electron chi connectivity index (χ4n) is 2.46. The number of carbonyl (C=O) groups excluding carboxylic acids is 1. The third kappa shape index (κ3) is 3.69. The molecule has 118 valence electrons. The van der Waals surface area contributed by atoms with Crippen LogP contribution in [0.4, 0.5) is 5.69 Å². The van der Waals surface area contributed by atoms with Gasteiger partial charge in [0.25, 0.3) is 0 Å². The molecule has 0 aliphatic carbocycles. The summed E-state index contributed by atoms with van der Waals surface area (Å²) >= 11 is 0. The van der Waals surface area contributed by atoms with Crippen LogP contribution in [0.1, 0.15) is 17.5 Å². The fourth-order valence-corrected chi connectivity index (χ4v) is 2.46. The molecule has 1 heterocycles.